The van der Waals surface area contributed by atoms with Crippen molar-refractivity contribution in [3.63, 3.8) is 0 Å². The molecule has 0 aliphatic heterocycles. The molecule has 2 N–H and O–H groups in total. The molecule has 0 amide bonds. The van der Waals surface area contributed by atoms with Gasteiger partial charge in [0, 0.05) is 29.8 Å². The van der Waals surface area contributed by atoms with Crippen LogP contribution in [0.2, 0.25) is 0 Å². The molecule has 0 saturated carbocycles. The lowest BCUT2D eigenvalue weighted by Gasteiger charge is -2.33. The Balaban J connectivity index is 0. The molecule has 0 aliphatic carbocycles. The zero-order chi connectivity index (χ0) is 26.8. The van der Waals surface area contributed by atoms with E-state index in [-0.39, 0.29) is 38.9 Å². The Morgan fingerprint density at radius 2 is 1.00 bits per heavy atom. The Labute approximate surface area is 203 Å². The average molecular weight is 487 g/mol. The van der Waals surface area contributed by atoms with E-state index in [1.807, 2.05) is 6.92 Å². The summed E-state index contributed by atoms with van der Waals surface area (Å²) in [5, 5.41) is 19.7. The predicted molar refractivity (Wildman–Crippen MR) is 129 cm³/mol. The van der Waals surface area contributed by atoms with Crippen molar-refractivity contribution in [2.24, 2.45) is 0 Å². The first-order valence-corrected chi connectivity index (χ1v) is 11.1. The molecule has 0 spiro atoms. The van der Waals surface area contributed by atoms with Crippen molar-refractivity contribution >= 4 is 17.9 Å². The topological polar surface area (TPSA) is 126 Å². The third-order valence-corrected chi connectivity index (χ3v) is 4.13. The summed E-state index contributed by atoms with van der Waals surface area (Å²) < 4.78 is 14.7. The number of aliphatic hydroxyl groups is 2. The second-order valence-corrected chi connectivity index (χ2v) is 7.78. The van der Waals surface area contributed by atoms with Crippen molar-refractivity contribution in [1.29, 1.82) is 0 Å². The number of hydrogen-bond acceptors (Lipinski definition) is 10. The highest BCUT2D eigenvalue weighted by Crippen LogP contribution is 2.04. The van der Waals surface area contributed by atoms with E-state index < -0.39 is 24.4 Å². The van der Waals surface area contributed by atoms with Gasteiger partial charge < -0.3 is 24.4 Å². The summed E-state index contributed by atoms with van der Waals surface area (Å²) in [4.78, 5) is 36.6. The highest BCUT2D eigenvalue weighted by atomic mass is 16.5. The molecular weight excluding hydrogens is 444 g/mol. The molecule has 0 heterocycles. The van der Waals surface area contributed by atoms with Crippen molar-refractivity contribution in [1.82, 2.24) is 9.80 Å². The number of rotatable bonds is 15. The van der Waals surface area contributed by atoms with Gasteiger partial charge in [-0.1, -0.05) is 26.7 Å². The molecule has 2 atom stereocenters. The van der Waals surface area contributed by atoms with E-state index in [2.05, 4.69) is 19.7 Å². The molecule has 0 aromatic rings. The predicted octanol–water partition coefficient (Wildman–Crippen LogP) is 1.98. The monoisotopic (exact) mass is 486 g/mol. The fraction of sp³-hybridized carbons (Fsp3) is 0.625. The molecule has 10 heteroatoms. The first kappa shape index (κ1) is 33.6. The van der Waals surface area contributed by atoms with E-state index in [1.54, 1.807) is 44.4 Å². The van der Waals surface area contributed by atoms with Crippen LogP contribution in [0.1, 0.15) is 48.0 Å². The van der Waals surface area contributed by atoms with Crippen LogP contribution in [0.4, 0.5) is 0 Å². The number of esters is 3. The van der Waals surface area contributed by atoms with Crippen LogP contribution < -0.4 is 0 Å². The number of carbonyl (C=O) groups excluding carboxylic acids is 3. The van der Waals surface area contributed by atoms with Gasteiger partial charge in [-0.3, -0.25) is 9.80 Å². The minimum absolute atomic E-state index is 0.0783. The van der Waals surface area contributed by atoms with Crippen LogP contribution in [-0.2, 0) is 28.6 Å². The molecular formula is C24H42N2O8. The highest BCUT2D eigenvalue weighted by Gasteiger charge is 2.19. The largest absolute Gasteiger partial charge is 0.462 e. The molecule has 10 nitrogen and oxygen atoms in total. The van der Waals surface area contributed by atoms with Gasteiger partial charge in [0.05, 0.1) is 13.3 Å². The molecule has 2 unspecified atom stereocenters. The van der Waals surface area contributed by atoms with Crippen molar-refractivity contribution < 1.29 is 38.8 Å². The molecule has 196 valence electrons. The Kier molecular flexibility index (Phi) is 18.6. The zero-order valence-electron chi connectivity index (χ0n) is 21.5. The van der Waals surface area contributed by atoms with Crippen LogP contribution in [-0.4, -0.2) is 90.0 Å². The quantitative estimate of drug-likeness (QED) is 0.154. The van der Waals surface area contributed by atoms with E-state index in [0.29, 0.717) is 23.3 Å². The van der Waals surface area contributed by atoms with Gasteiger partial charge in [0.1, 0.15) is 25.7 Å². The summed E-state index contributed by atoms with van der Waals surface area (Å²) in [6.07, 6.45) is -0.774. The highest BCUT2D eigenvalue weighted by molar-refractivity contribution is 5.87. The molecule has 0 aliphatic rings. The standard InChI is InChI=1S/C17H30N2O6.C7H12O2/c1-12(2)16(22)24-9-7-18(14(5)20)11-19(15(6)21)8-10-25-17(23)13(3)4;1-4-5-9-7(8)6(2)3/h14-15,20-21H,1,3,7-11H2,2,4-6H3;2,4-5H2,1,3H3. The molecule has 0 bridgehead atoms. The van der Waals surface area contributed by atoms with Crippen LogP contribution in [0.5, 0.6) is 0 Å². The molecule has 0 saturated heterocycles. The van der Waals surface area contributed by atoms with Crippen LogP contribution in [0, 0.1) is 0 Å². The van der Waals surface area contributed by atoms with Crippen LogP contribution >= 0.6 is 0 Å². The first-order valence-electron chi connectivity index (χ1n) is 11.1. The lowest BCUT2D eigenvalue weighted by molar-refractivity contribution is -0.142. The van der Waals surface area contributed by atoms with E-state index in [0.717, 1.165) is 6.42 Å². The Morgan fingerprint density at radius 3 is 1.24 bits per heavy atom. The van der Waals surface area contributed by atoms with E-state index in [9.17, 15) is 24.6 Å². The summed E-state index contributed by atoms with van der Waals surface area (Å²) in [7, 11) is 0. The van der Waals surface area contributed by atoms with Gasteiger partial charge in [0.25, 0.3) is 0 Å². The smallest absolute Gasteiger partial charge is 0.333 e. The van der Waals surface area contributed by atoms with Gasteiger partial charge in [0.2, 0.25) is 0 Å². The summed E-state index contributed by atoms with van der Waals surface area (Å²) in [5.74, 6) is -1.29. The van der Waals surface area contributed by atoms with Crippen LogP contribution in [0.25, 0.3) is 0 Å². The van der Waals surface area contributed by atoms with Crippen molar-refractivity contribution in [3.05, 3.63) is 36.5 Å². The van der Waals surface area contributed by atoms with Gasteiger partial charge in [-0.05, 0) is 41.0 Å². The summed E-state index contributed by atoms with van der Waals surface area (Å²) in [5.41, 5.74) is 1.06. The van der Waals surface area contributed by atoms with Crippen molar-refractivity contribution in [3.8, 4) is 0 Å². The van der Waals surface area contributed by atoms with E-state index in [1.165, 1.54) is 0 Å². The summed E-state index contributed by atoms with van der Waals surface area (Å²) in [6, 6.07) is 0. The second kappa shape index (κ2) is 18.8. The van der Waals surface area contributed by atoms with Crippen molar-refractivity contribution in [2.45, 2.75) is 60.4 Å². The number of hydrogen-bond donors (Lipinski definition) is 2. The van der Waals surface area contributed by atoms with Crippen LogP contribution in [0.3, 0.4) is 0 Å². The fourth-order valence-corrected chi connectivity index (χ4v) is 2.06. The Bertz CT molecular complexity index is 646. The first-order chi connectivity index (χ1) is 15.7. The average Bonchev–Trinajstić information content (AvgIpc) is 2.74. The van der Waals surface area contributed by atoms with Gasteiger partial charge in [0.15, 0.2) is 0 Å². The number of nitrogens with zero attached hydrogens (tertiary/aromatic N) is 2. The van der Waals surface area contributed by atoms with Gasteiger partial charge >= 0.3 is 17.9 Å². The van der Waals surface area contributed by atoms with Gasteiger partial charge in [-0.2, -0.15) is 0 Å². The molecule has 0 aromatic carbocycles. The second-order valence-electron chi connectivity index (χ2n) is 7.78. The Hall–Kier alpha value is -2.53. The molecule has 0 radical (unpaired) electrons. The molecule has 0 rings (SSSR count). The third-order valence-electron chi connectivity index (χ3n) is 4.13. The van der Waals surface area contributed by atoms with E-state index >= 15 is 0 Å². The normalized spacial score (nSPS) is 12.2. The fourth-order valence-electron chi connectivity index (χ4n) is 2.06. The maximum Gasteiger partial charge on any atom is 0.333 e. The molecule has 0 fully saturated rings. The lowest BCUT2D eigenvalue weighted by atomic mass is 10.3. The Morgan fingerprint density at radius 1 is 0.706 bits per heavy atom. The number of aliphatic hydroxyl groups excluding tert-OH is 2. The van der Waals surface area contributed by atoms with Crippen LogP contribution in [0.15, 0.2) is 36.5 Å². The number of ether oxygens (including phenoxy) is 3. The summed E-state index contributed by atoms with van der Waals surface area (Å²) in [6.45, 7) is 21.6. The summed E-state index contributed by atoms with van der Waals surface area (Å²) >= 11 is 0. The molecule has 0 aromatic heterocycles. The van der Waals surface area contributed by atoms with Gasteiger partial charge in [-0.15, -0.1) is 0 Å². The minimum Gasteiger partial charge on any atom is -0.462 e. The zero-order valence-corrected chi connectivity index (χ0v) is 21.5. The minimum atomic E-state index is -0.817. The maximum absolute atomic E-state index is 11.4. The van der Waals surface area contributed by atoms with E-state index in [4.69, 9.17) is 14.2 Å². The van der Waals surface area contributed by atoms with Gasteiger partial charge in [-0.25, -0.2) is 14.4 Å². The maximum atomic E-state index is 11.4. The molecule has 34 heavy (non-hydrogen) atoms. The SMILES string of the molecule is C=C(C)C(=O)OCCC.C=C(C)C(=O)OCCN(CN(CCOC(=O)C(=C)C)C(C)O)C(C)O. The van der Waals surface area contributed by atoms with Crippen molar-refractivity contribution in [2.75, 3.05) is 39.6 Å². The number of carbonyl (C=O) groups is 3. The third kappa shape index (κ3) is 17.0. The lowest BCUT2D eigenvalue weighted by Crippen LogP contribution is -2.48.